The molecule has 1 fully saturated rings. The van der Waals surface area contributed by atoms with E-state index >= 15 is 0 Å². The van der Waals surface area contributed by atoms with Crippen LogP contribution in [0.5, 0.6) is 5.75 Å². The van der Waals surface area contributed by atoms with Crippen molar-refractivity contribution < 1.29 is 22.3 Å². The summed E-state index contributed by atoms with van der Waals surface area (Å²) in [5, 5.41) is 4.78. The molecule has 2 aliphatic rings. The Labute approximate surface area is 252 Å². The van der Waals surface area contributed by atoms with Gasteiger partial charge in [-0.05, 0) is 78.2 Å². The van der Waals surface area contributed by atoms with Gasteiger partial charge in [-0.2, -0.15) is 0 Å². The molecule has 7 nitrogen and oxygen atoms in total. The molecule has 1 saturated heterocycles. The van der Waals surface area contributed by atoms with Crippen LogP contribution in [0.1, 0.15) is 60.9 Å². The topological polar surface area (TPSA) is 87.7 Å². The standard InChI is InChI=1S/C34H36FN3O4S/c35-28-10-6-9-27(20-28)32(37-43(40,41)29-13-12-25-7-2-3-8-26(25)21-29)22-34(39)36-31-15-18-42-33-19-24(11-14-30(31)33)23-38-16-4-1-5-17-38/h2-3,6-14,19-21,31-32,37H,1,4-5,15-18,22-23H2,(H,36,39). The van der Waals surface area contributed by atoms with E-state index in [2.05, 4.69) is 27.1 Å². The van der Waals surface area contributed by atoms with Crippen molar-refractivity contribution in [3.63, 3.8) is 0 Å². The largest absolute Gasteiger partial charge is 0.493 e. The predicted octanol–water partition coefficient (Wildman–Crippen LogP) is 6.01. The minimum atomic E-state index is -4.03. The summed E-state index contributed by atoms with van der Waals surface area (Å²) in [6, 6.07) is 23.0. The Bertz CT molecular complexity index is 1720. The second-order valence-corrected chi connectivity index (χ2v) is 13.1. The number of carbonyl (C=O) groups is 1. The summed E-state index contributed by atoms with van der Waals surface area (Å²) in [5.74, 6) is -0.0815. The maximum Gasteiger partial charge on any atom is 0.241 e. The maximum absolute atomic E-state index is 14.2. The van der Waals surface area contributed by atoms with Gasteiger partial charge in [0.1, 0.15) is 11.6 Å². The van der Waals surface area contributed by atoms with Crippen molar-refractivity contribution in [1.82, 2.24) is 14.9 Å². The molecule has 4 aromatic carbocycles. The smallest absolute Gasteiger partial charge is 0.241 e. The number of nitrogens with one attached hydrogen (secondary N) is 2. The van der Waals surface area contributed by atoms with E-state index < -0.39 is 21.9 Å². The van der Waals surface area contributed by atoms with Gasteiger partial charge in [0.05, 0.1) is 23.6 Å². The zero-order valence-corrected chi connectivity index (χ0v) is 24.8. The number of amides is 1. The molecule has 2 atom stereocenters. The number of fused-ring (bicyclic) bond motifs is 2. The van der Waals surface area contributed by atoms with Gasteiger partial charge in [0.2, 0.25) is 15.9 Å². The van der Waals surface area contributed by atoms with Crippen molar-refractivity contribution in [2.75, 3.05) is 19.7 Å². The van der Waals surface area contributed by atoms with Crippen LogP contribution in [0, 0.1) is 5.82 Å². The number of nitrogens with zero attached hydrogens (tertiary/aromatic N) is 1. The second kappa shape index (κ2) is 12.8. The molecule has 0 aromatic heterocycles. The molecule has 2 heterocycles. The van der Waals surface area contributed by atoms with Crippen LogP contribution >= 0.6 is 0 Å². The highest BCUT2D eigenvalue weighted by molar-refractivity contribution is 7.89. The number of carbonyl (C=O) groups excluding carboxylic acids is 1. The Morgan fingerprint density at radius 1 is 0.930 bits per heavy atom. The van der Waals surface area contributed by atoms with Crippen LogP contribution in [0.2, 0.25) is 0 Å². The van der Waals surface area contributed by atoms with Crippen LogP contribution in [-0.4, -0.2) is 38.9 Å². The summed E-state index contributed by atoms with van der Waals surface area (Å²) in [7, 11) is -4.03. The summed E-state index contributed by atoms with van der Waals surface area (Å²) in [6.45, 7) is 3.55. The number of rotatable bonds is 9. The van der Waals surface area contributed by atoms with E-state index in [9.17, 15) is 17.6 Å². The van der Waals surface area contributed by atoms with Crippen LogP contribution in [-0.2, 0) is 21.4 Å². The molecule has 1 amide bonds. The fourth-order valence-corrected chi connectivity index (χ4v) is 7.30. The number of hydrogen-bond acceptors (Lipinski definition) is 5. The fourth-order valence-electron chi connectivity index (χ4n) is 6.04. The zero-order valence-electron chi connectivity index (χ0n) is 24.0. The Balaban J connectivity index is 1.19. The van der Waals surface area contributed by atoms with Gasteiger partial charge in [-0.1, -0.05) is 61.0 Å². The van der Waals surface area contributed by atoms with Gasteiger partial charge in [0, 0.05) is 24.9 Å². The van der Waals surface area contributed by atoms with Gasteiger partial charge in [-0.25, -0.2) is 17.5 Å². The van der Waals surface area contributed by atoms with E-state index in [-0.39, 0.29) is 23.3 Å². The number of hydrogen-bond donors (Lipinski definition) is 2. The van der Waals surface area contributed by atoms with Crippen LogP contribution < -0.4 is 14.8 Å². The van der Waals surface area contributed by atoms with Crippen molar-refractivity contribution in [2.45, 2.75) is 55.6 Å². The lowest BCUT2D eigenvalue weighted by molar-refractivity contribution is -0.122. The molecule has 0 saturated carbocycles. The Morgan fingerprint density at radius 3 is 2.56 bits per heavy atom. The summed E-state index contributed by atoms with van der Waals surface area (Å²) >= 11 is 0. The lowest BCUT2D eigenvalue weighted by Crippen LogP contribution is -2.36. The maximum atomic E-state index is 14.2. The van der Waals surface area contributed by atoms with Crippen LogP contribution in [0.25, 0.3) is 10.8 Å². The highest BCUT2D eigenvalue weighted by atomic mass is 32.2. The molecule has 43 heavy (non-hydrogen) atoms. The van der Waals surface area contributed by atoms with Crippen molar-refractivity contribution in [3.8, 4) is 5.75 Å². The molecule has 0 radical (unpaired) electrons. The van der Waals surface area contributed by atoms with Gasteiger partial charge < -0.3 is 10.1 Å². The highest BCUT2D eigenvalue weighted by Crippen LogP contribution is 2.34. The summed E-state index contributed by atoms with van der Waals surface area (Å²) in [6.07, 6.45) is 4.14. The Kier molecular flexibility index (Phi) is 8.74. The van der Waals surface area contributed by atoms with Crippen molar-refractivity contribution in [2.24, 2.45) is 0 Å². The second-order valence-electron chi connectivity index (χ2n) is 11.4. The number of likely N-dealkylation sites (tertiary alicyclic amines) is 1. The number of sulfonamides is 1. The number of halogens is 1. The molecular formula is C34H36FN3O4S. The van der Waals surface area contributed by atoms with Gasteiger partial charge in [-0.15, -0.1) is 0 Å². The summed E-state index contributed by atoms with van der Waals surface area (Å²) < 4.78 is 49.9. The quantitative estimate of drug-likeness (QED) is 0.245. The minimum Gasteiger partial charge on any atom is -0.493 e. The van der Waals surface area contributed by atoms with E-state index in [0.717, 1.165) is 41.7 Å². The van der Waals surface area contributed by atoms with Gasteiger partial charge >= 0.3 is 0 Å². The van der Waals surface area contributed by atoms with Crippen LogP contribution in [0.4, 0.5) is 4.39 Å². The fraction of sp³-hybridized carbons (Fsp3) is 0.324. The van der Waals surface area contributed by atoms with Crippen molar-refractivity contribution in [3.05, 3.63) is 107 Å². The predicted molar refractivity (Wildman–Crippen MR) is 165 cm³/mol. The number of piperidine rings is 1. The van der Waals surface area contributed by atoms with Crippen LogP contribution in [0.3, 0.4) is 0 Å². The third-order valence-electron chi connectivity index (χ3n) is 8.28. The zero-order chi connectivity index (χ0) is 29.8. The van der Waals surface area contributed by atoms with Gasteiger partial charge in [-0.3, -0.25) is 9.69 Å². The monoisotopic (exact) mass is 601 g/mol. The summed E-state index contributed by atoms with van der Waals surface area (Å²) in [4.78, 5) is 16.0. The molecule has 224 valence electrons. The SMILES string of the molecule is O=C(CC(NS(=O)(=O)c1ccc2ccccc2c1)c1cccc(F)c1)NC1CCOc2cc(CN3CCCCC3)ccc21. The molecule has 2 aliphatic heterocycles. The normalized spacial score (nSPS) is 18.0. The molecule has 6 rings (SSSR count). The first-order chi connectivity index (χ1) is 20.8. The minimum absolute atomic E-state index is 0.0757. The van der Waals surface area contributed by atoms with E-state index in [1.807, 2.05) is 30.3 Å². The lowest BCUT2D eigenvalue weighted by atomic mass is 9.97. The average Bonchev–Trinajstić information content (AvgIpc) is 3.01. The molecule has 0 aliphatic carbocycles. The first-order valence-electron chi connectivity index (χ1n) is 14.9. The van der Waals surface area contributed by atoms with E-state index in [4.69, 9.17) is 4.74 Å². The molecule has 0 bridgehead atoms. The van der Waals surface area contributed by atoms with E-state index in [1.165, 1.54) is 49.1 Å². The average molecular weight is 602 g/mol. The molecule has 2 unspecified atom stereocenters. The first kappa shape index (κ1) is 29.3. The molecule has 4 aromatic rings. The van der Waals surface area contributed by atoms with Gasteiger partial charge in [0.25, 0.3) is 0 Å². The number of ether oxygens (including phenoxy) is 1. The Morgan fingerprint density at radius 2 is 1.74 bits per heavy atom. The van der Waals surface area contributed by atoms with E-state index in [0.29, 0.717) is 18.6 Å². The lowest BCUT2D eigenvalue weighted by Gasteiger charge is -2.29. The van der Waals surface area contributed by atoms with Gasteiger partial charge in [0.15, 0.2) is 0 Å². The third kappa shape index (κ3) is 7.06. The first-order valence-corrected chi connectivity index (χ1v) is 16.4. The molecular weight excluding hydrogens is 565 g/mol. The summed E-state index contributed by atoms with van der Waals surface area (Å²) in [5.41, 5.74) is 2.46. The molecule has 0 spiro atoms. The number of benzene rings is 4. The third-order valence-corrected chi connectivity index (χ3v) is 9.75. The highest BCUT2D eigenvalue weighted by Gasteiger charge is 2.28. The van der Waals surface area contributed by atoms with E-state index in [1.54, 1.807) is 18.2 Å². The molecule has 9 heteroatoms. The molecule has 2 N–H and O–H groups in total. The van der Waals surface area contributed by atoms with Crippen LogP contribution in [0.15, 0.2) is 89.8 Å². The van der Waals surface area contributed by atoms with Crippen molar-refractivity contribution in [1.29, 1.82) is 0 Å². The Hall–Kier alpha value is -3.79. The van der Waals surface area contributed by atoms with Crippen molar-refractivity contribution >= 4 is 26.7 Å².